The van der Waals surface area contributed by atoms with Crippen LogP contribution in [0.1, 0.15) is 33.3 Å². The zero-order chi connectivity index (χ0) is 15.4. The van der Waals surface area contributed by atoms with Gasteiger partial charge in [0.05, 0.1) is 6.10 Å². The average Bonchev–Trinajstić information content (AvgIpc) is 2.36. The summed E-state index contributed by atoms with van der Waals surface area (Å²) in [7, 11) is -1.86. The molecular weight excluding hydrogens is 264 g/mol. The van der Waals surface area contributed by atoms with Gasteiger partial charge in [-0.15, -0.1) is 0 Å². The zero-order valence-corrected chi connectivity index (χ0v) is 14.6. The van der Waals surface area contributed by atoms with Crippen LogP contribution in [-0.2, 0) is 15.6 Å². The van der Waals surface area contributed by atoms with Crippen LogP contribution in [0.25, 0.3) is 0 Å². The second-order valence-corrected chi connectivity index (χ2v) is 11.9. The van der Waals surface area contributed by atoms with E-state index in [2.05, 4.69) is 46.0 Å². The Balaban J connectivity index is 2.88. The van der Waals surface area contributed by atoms with Crippen molar-refractivity contribution in [2.75, 3.05) is 0 Å². The third-order valence-electron chi connectivity index (χ3n) is 4.33. The minimum absolute atomic E-state index is 0.0317. The van der Waals surface area contributed by atoms with E-state index in [-0.39, 0.29) is 17.1 Å². The molecule has 3 heteroatoms. The number of hydrogen-bond acceptors (Lipinski definition) is 2. The number of rotatable bonds is 6. The van der Waals surface area contributed by atoms with E-state index in [0.29, 0.717) is 0 Å². The molecule has 0 amide bonds. The quantitative estimate of drug-likeness (QED) is 0.572. The lowest BCUT2D eigenvalue weighted by Crippen LogP contribution is -2.46. The molecule has 0 fully saturated rings. The summed E-state index contributed by atoms with van der Waals surface area (Å²) in [6.07, 6.45) is 1.78. The fourth-order valence-electron chi connectivity index (χ4n) is 1.82. The molecule has 1 aromatic carbocycles. The van der Waals surface area contributed by atoms with Crippen molar-refractivity contribution in [1.82, 2.24) is 0 Å². The summed E-state index contributed by atoms with van der Waals surface area (Å²) in [6.45, 7) is 13.1. The van der Waals surface area contributed by atoms with Gasteiger partial charge in [-0.25, -0.2) is 0 Å². The van der Waals surface area contributed by atoms with Crippen molar-refractivity contribution in [3.8, 4) is 0 Å². The lowest BCUT2D eigenvalue weighted by molar-refractivity contribution is -0.113. The first-order valence-corrected chi connectivity index (χ1v) is 10.3. The van der Waals surface area contributed by atoms with Crippen LogP contribution in [-0.4, -0.2) is 20.7 Å². The summed E-state index contributed by atoms with van der Waals surface area (Å²) in [5.74, 6) is -0.0793. The molecule has 0 N–H and O–H groups in total. The Kier molecular flexibility index (Phi) is 5.72. The van der Waals surface area contributed by atoms with Crippen molar-refractivity contribution < 1.29 is 9.22 Å². The van der Waals surface area contributed by atoms with Crippen LogP contribution in [0.2, 0.25) is 18.1 Å². The fraction of sp³-hybridized carbons (Fsp3) is 0.588. The molecule has 0 saturated carbocycles. The number of benzene rings is 1. The van der Waals surface area contributed by atoms with Crippen LogP contribution >= 0.6 is 0 Å². The van der Waals surface area contributed by atoms with E-state index in [9.17, 15) is 4.79 Å². The molecule has 112 valence electrons. The van der Waals surface area contributed by atoms with Gasteiger partial charge in [0.2, 0.25) is 0 Å². The molecule has 0 saturated heterocycles. The number of aldehydes is 1. The highest BCUT2D eigenvalue weighted by Gasteiger charge is 2.40. The Bertz CT molecular complexity index is 420. The normalized spacial score (nSPS) is 15.7. The van der Waals surface area contributed by atoms with Gasteiger partial charge in [-0.05, 0) is 30.1 Å². The molecule has 1 aromatic rings. The highest BCUT2D eigenvalue weighted by Crippen LogP contribution is 2.38. The Morgan fingerprint density at radius 2 is 1.75 bits per heavy atom. The molecule has 0 radical (unpaired) electrons. The van der Waals surface area contributed by atoms with Gasteiger partial charge in [-0.2, -0.15) is 0 Å². The Morgan fingerprint density at radius 1 is 1.20 bits per heavy atom. The molecule has 2 atom stereocenters. The third-order valence-corrected chi connectivity index (χ3v) is 8.84. The Labute approximate surface area is 124 Å². The molecule has 0 aliphatic rings. The highest BCUT2D eigenvalue weighted by molar-refractivity contribution is 6.74. The maximum absolute atomic E-state index is 11.2. The van der Waals surface area contributed by atoms with Crippen LogP contribution in [0.15, 0.2) is 30.3 Å². The largest absolute Gasteiger partial charge is 0.413 e. The van der Waals surface area contributed by atoms with Gasteiger partial charge < -0.3 is 9.22 Å². The summed E-state index contributed by atoms with van der Waals surface area (Å²) in [5, 5.41) is 0.157. The van der Waals surface area contributed by atoms with Crippen molar-refractivity contribution in [2.24, 2.45) is 5.92 Å². The SMILES string of the molecule is C[C@H](C=O)[C@@H](Cc1ccccc1)O[Si](C)(C)C(C)(C)C. The van der Waals surface area contributed by atoms with Gasteiger partial charge in [0, 0.05) is 5.92 Å². The maximum Gasteiger partial charge on any atom is 0.192 e. The molecule has 0 aliphatic heterocycles. The van der Waals surface area contributed by atoms with E-state index in [1.165, 1.54) is 5.56 Å². The molecule has 0 unspecified atom stereocenters. The molecule has 0 aliphatic carbocycles. The lowest BCUT2D eigenvalue weighted by Gasteiger charge is -2.40. The third kappa shape index (κ3) is 4.56. The van der Waals surface area contributed by atoms with E-state index in [1.807, 2.05) is 25.1 Å². The monoisotopic (exact) mass is 292 g/mol. The smallest absolute Gasteiger partial charge is 0.192 e. The number of carbonyl (C=O) groups is 1. The Hall–Kier alpha value is -0.933. The van der Waals surface area contributed by atoms with Crippen molar-refractivity contribution in [3.63, 3.8) is 0 Å². The van der Waals surface area contributed by atoms with Gasteiger partial charge in [0.15, 0.2) is 8.32 Å². The Morgan fingerprint density at radius 3 is 2.20 bits per heavy atom. The summed E-state index contributed by atoms with van der Waals surface area (Å²) < 4.78 is 6.47. The molecule has 0 spiro atoms. The van der Waals surface area contributed by atoms with E-state index in [0.717, 1.165) is 12.7 Å². The van der Waals surface area contributed by atoms with Gasteiger partial charge in [-0.3, -0.25) is 0 Å². The van der Waals surface area contributed by atoms with Crippen LogP contribution in [0, 0.1) is 5.92 Å². The maximum atomic E-state index is 11.2. The summed E-state index contributed by atoms with van der Waals surface area (Å²) in [6, 6.07) is 10.3. The minimum atomic E-state index is -1.86. The van der Waals surface area contributed by atoms with Crippen molar-refractivity contribution in [1.29, 1.82) is 0 Å². The molecule has 0 heterocycles. The highest BCUT2D eigenvalue weighted by atomic mass is 28.4. The van der Waals surface area contributed by atoms with Crippen molar-refractivity contribution in [3.05, 3.63) is 35.9 Å². The standard InChI is InChI=1S/C17H28O2Si/c1-14(13-18)16(12-15-10-8-7-9-11-15)19-20(5,6)17(2,3)4/h7-11,13-14,16H,12H2,1-6H3/t14-,16-/m1/s1. The summed E-state index contributed by atoms with van der Waals surface area (Å²) in [4.78, 5) is 11.2. The van der Waals surface area contributed by atoms with Gasteiger partial charge in [-0.1, -0.05) is 58.0 Å². The van der Waals surface area contributed by atoms with Gasteiger partial charge in [0.1, 0.15) is 6.29 Å². The second kappa shape index (κ2) is 6.68. The molecule has 2 nitrogen and oxygen atoms in total. The van der Waals surface area contributed by atoms with Gasteiger partial charge >= 0.3 is 0 Å². The first-order valence-electron chi connectivity index (χ1n) is 7.34. The lowest BCUT2D eigenvalue weighted by atomic mass is 9.99. The van der Waals surface area contributed by atoms with Crippen LogP contribution < -0.4 is 0 Å². The van der Waals surface area contributed by atoms with E-state index in [1.54, 1.807) is 0 Å². The molecule has 1 rings (SSSR count). The molecule has 0 bridgehead atoms. The van der Waals surface area contributed by atoms with Gasteiger partial charge in [0.25, 0.3) is 0 Å². The average molecular weight is 292 g/mol. The fourth-order valence-corrected chi connectivity index (χ4v) is 3.23. The predicted octanol–water partition coefficient (Wildman–Crippen LogP) is 4.45. The summed E-state index contributed by atoms with van der Waals surface area (Å²) >= 11 is 0. The summed E-state index contributed by atoms with van der Waals surface area (Å²) in [5.41, 5.74) is 1.23. The molecular formula is C17H28O2Si. The van der Waals surface area contributed by atoms with Crippen molar-refractivity contribution >= 4 is 14.6 Å². The second-order valence-electron chi connectivity index (χ2n) is 7.10. The van der Waals surface area contributed by atoms with Crippen LogP contribution in [0.4, 0.5) is 0 Å². The minimum Gasteiger partial charge on any atom is -0.413 e. The number of hydrogen-bond donors (Lipinski definition) is 0. The molecule has 20 heavy (non-hydrogen) atoms. The first kappa shape index (κ1) is 17.1. The zero-order valence-electron chi connectivity index (χ0n) is 13.6. The number of carbonyl (C=O) groups excluding carboxylic acids is 1. The first-order chi connectivity index (χ1) is 9.17. The molecule has 0 aromatic heterocycles. The van der Waals surface area contributed by atoms with Crippen LogP contribution in [0.3, 0.4) is 0 Å². The van der Waals surface area contributed by atoms with E-state index < -0.39 is 8.32 Å². The topological polar surface area (TPSA) is 26.3 Å². The van der Waals surface area contributed by atoms with E-state index in [4.69, 9.17) is 4.43 Å². The van der Waals surface area contributed by atoms with E-state index >= 15 is 0 Å². The predicted molar refractivity (Wildman–Crippen MR) is 87.4 cm³/mol. The van der Waals surface area contributed by atoms with Crippen molar-refractivity contribution in [2.45, 2.75) is 58.4 Å². The van der Waals surface area contributed by atoms with Crippen LogP contribution in [0.5, 0.6) is 0 Å².